The highest BCUT2D eigenvalue weighted by atomic mass is 16.1. The molecular formula is C76H60N12O4. The molecule has 12 aromatic rings. The number of nitrogens with zero attached hydrogens (tertiary/aromatic N) is 12. The van der Waals surface area contributed by atoms with E-state index in [9.17, 15) is 19.2 Å². The summed E-state index contributed by atoms with van der Waals surface area (Å²) >= 11 is 0. The van der Waals surface area contributed by atoms with Crippen molar-refractivity contribution < 1.29 is 19.2 Å². The molecule has 0 radical (unpaired) electrons. The molecule has 0 N–H and O–H groups in total. The van der Waals surface area contributed by atoms with Crippen LogP contribution < -0.4 is 0 Å². The summed E-state index contributed by atoms with van der Waals surface area (Å²) in [6.07, 6.45) is 28.8. The Hall–Kier alpha value is -11.0. The van der Waals surface area contributed by atoms with Gasteiger partial charge < -0.3 is 18.3 Å². The van der Waals surface area contributed by atoms with Crippen molar-refractivity contribution >= 4 is 23.1 Å². The molecule has 0 unspecified atom stereocenters. The van der Waals surface area contributed by atoms with E-state index in [4.69, 9.17) is 0 Å². The highest BCUT2D eigenvalue weighted by Crippen LogP contribution is 2.50. The average Bonchev–Trinajstić information content (AvgIpc) is 1.62. The number of imidazole rings is 4. The third kappa shape index (κ3) is 8.85. The van der Waals surface area contributed by atoms with Crippen LogP contribution in [0.4, 0.5) is 0 Å². The maximum atomic E-state index is 13.1. The minimum absolute atomic E-state index is 0.0459. The van der Waals surface area contributed by atoms with Crippen molar-refractivity contribution in [3.05, 3.63) is 288 Å². The summed E-state index contributed by atoms with van der Waals surface area (Å²) in [5.74, 6) is 0.626. The summed E-state index contributed by atoms with van der Waals surface area (Å²) in [6.45, 7) is 0. The van der Waals surface area contributed by atoms with Crippen molar-refractivity contribution in [2.75, 3.05) is 0 Å². The van der Waals surface area contributed by atoms with Crippen molar-refractivity contribution in [1.29, 1.82) is 0 Å². The first kappa shape index (κ1) is 55.1. The molecule has 4 aromatic carbocycles. The summed E-state index contributed by atoms with van der Waals surface area (Å²) in [5, 5.41) is 0. The van der Waals surface area contributed by atoms with Crippen LogP contribution in [0.3, 0.4) is 0 Å². The molecule has 4 aliphatic heterocycles. The molecule has 0 spiro atoms. The van der Waals surface area contributed by atoms with Gasteiger partial charge in [0.2, 0.25) is 0 Å². The quantitative estimate of drug-likeness (QED) is 0.162. The number of carbonyl (C=O) groups excluding carboxylic acids is 4. The summed E-state index contributed by atoms with van der Waals surface area (Å²) < 4.78 is 8.65. The Labute approximate surface area is 529 Å². The minimum atomic E-state index is -0.0525. The lowest BCUT2D eigenvalue weighted by atomic mass is 9.78. The SMILES string of the molecule is O=C1c2cccnc2CC[C@@H]1[C@@H]1c2ccccc2-c2cncn21.O=C1c2cccnc2CC[C@@H]1[C@H]1c2ccccc2-c2cncn21.O=C1c2cccnc2CC[C@H]1[C@@H]1c2ccccc2-c2cncn21.O=C1c2cccnc2CC[C@H]1[C@H]1c2ccccc2-c2cncn21. The van der Waals surface area contributed by atoms with E-state index in [-0.39, 0.29) is 71.0 Å². The van der Waals surface area contributed by atoms with E-state index in [0.717, 1.165) is 119 Å². The smallest absolute Gasteiger partial charge is 0.170 e. The Morgan fingerprint density at radius 2 is 0.489 bits per heavy atom. The molecule has 92 heavy (non-hydrogen) atoms. The van der Waals surface area contributed by atoms with E-state index < -0.39 is 0 Å². The number of benzene rings is 4. The lowest BCUT2D eigenvalue weighted by molar-refractivity contribution is 0.0862. The molecule has 0 bridgehead atoms. The Bertz CT molecular complexity index is 4320. The van der Waals surface area contributed by atoms with E-state index in [2.05, 4.69) is 131 Å². The number of ketones is 4. The van der Waals surface area contributed by atoms with E-state index in [1.54, 1.807) is 24.8 Å². The summed E-state index contributed by atoms with van der Waals surface area (Å²) in [6, 6.07) is 48.6. The highest BCUT2D eigenvalue weighted by molar-refractivity contribution is 6.03. The number of pyridine rings is 4. The highest BCUT2D eigenvalue weighted by Gasteiger charge is 2.45. The molecular weight excluding hydrogens is 1140 g/mol. The zero-order valence-corrected chi connectivity index (χ0v) is 50.1. The third-order valence-electron chi connectivity index (χ3n) is 20.3. The van der Waals surface area contributed by atoms with E-state index in [1.807, 2.05) is 123 Å². The topological polar surface area (TPSA) is 191 Å². The number of Topliss-reactive ketones (excluding diaryl/α,β-unsaturated/α-hetero) is 4. The number of aryl methyl sites for hydroxylation is 4. The molecule has 4 aliphatic carbocycles. The van der Waals surface area contributed by atoms with Gasteiger partial charge in [-0.25, -0.2) is 19.9 Å². The van der Waals surface area contributed by atoms with Crippen LogP contribution in [0.1, 0.15) is 136 Å². The molecule has 0 fully saturated rings. The monoisotopic (exact) mass is 1200 g/mol. The second-order valence-electron chi connectivity index (χ2n) is 24.9. The fraction of sp³-hybridized carbons (Fsp3) is 0.211. The largest absolute Gasteiger partial charge is 0.322 e. The van der Waals surface area contributed by atoms with Crippen LogP contribution in [0, 0.1) is 23.7 Å². The molecule has 8 aliphatic rings. The molecule has 12 heterocycles. The van der Waals surface area contributed by atoms with E-state index in [1.165, 1.54) is 44.5 Å². The van der Waals surface area contributed by atoms with Gasteiger partial charge in [0.25, 0.3) is 0 Å². The average molecular weight is 1210 g/mol. The third-order valence-corrected chi connectivity index (χ3v) is 20.3. The first-order valence-corrected chi connectivity index (χ1v) is 31.7. The number of hydrogen-bond donors (Lipinski definition) is 0. The number of hydrogen-bond acceptors (Lipinski definition) is 12. The Balaban J connectivity index is 0.0000000939. The van der Waals surface area contributed by atoms with Gasteiger partial charge in [-0.1, -0.05) is 97.1 Å². The van der Waals surface area contributed by atoms with E-state index >= 15 is 0 Å². The first-order valence-electron chi connectivity index (χ1n) is 31.7. The lowest BCUT2D eigenvalue weighted by Gasteiger charge is -2.29. The van der Waals surface area contributed by atoms with Gasteiger partial charge in [-0.3, -0.25) is 39.1 Å². The van der Waals surface area contributed by atoms with Crippen LogP contribution in [0.5, 0.6) is 0 Å². The maximum absolute atomic E-state index is 13.1. The van der Waals surface area contributed by atoms with Gasteiger partial charge in [0.05, 0.1) is 120 Å². The minimum Gasteiger partial charge on any atom is -0.322 e. The van der Waals surface area contributed by atoms with Crippen molar-refractivity contribution in [3.8, 4) is 45.0 Å². The fourth-order valence-corrected chi connectivity index (χ4v) is 16.3. The van der Waals surface area contributed by atoms with Gasteiger partial charge in [0.15, 0.2) is 23.1 Å². The number of fused-ring (bicyclic) bond motifs is 16. The van der Waals surface area contributed by atoms with Gasteiger partial charge >= 0.3 is 0 Å². The zero-order valence-electron chi connectivity index (χ0n) is 50.1. The molecule has 20 rings (SSSR count). The van der Waals surface area contributed by atoms with Crippen LogP contribution in [0.25, 0.3) is 45.0 Å². The molecule has 8 atom stereocenters. The maximum Gasteiger partial charge on any atom is 0.170 e. The molecule has 8 aromatic heterocycles. The van der Waals surface area contributed by atoms with Gasteiger partial charge in [-0.05, 0) is 122 Å². The van der Waals surface area contributed by atoms with Crippen LogP contribution in [-0.2, 0) is 25.7 Å². The van der Waals surface area contributed by atoms with Gasteiger partial charge in [-0.2, -0.15) is 0 Å². The standard InChI is InChI=1S/4C19H15N3O/c4*23-19-14-6-3-9-21-16(14)8-7-15(19)18-13-5-2-1-4-12(13)17-10-20-11-22(17)18/h4*1-6,9-11,15,18H,7-8H2/t2*15-,18+;2*15-,18-/m1010/s1. The molecule has 0 saturated heterocycles. The molecule has 0 saturated carbocycles. The Morgan fingerprint density at radius 3 is 0.728 bits per heavy atom. The molecule has 0 amide bonds. The van der Waals surface area contributed by atoms with Crippen LogP contribution >= 0.6 is 0 Å². The fourth-order valence-electron chi connectivity index (χ4n) is 16.3. The molecule has 16 nitrogen and oxygen atoms in total. The molecule has 448 valence electrons. The van der Waals surface area contributed by atoms with Crippen molar-refractivity contribution in [1.82, 2.24) is 58.1 Å². The first-order chi connectivity index (χ1) is 45.4. The van der Waals surface area contributed by atoms with Gasteiger partial charge in [0.1, 0.15) is 0 Å². The van der Waals surface area contributed by atoms with Crippen LogP contribution in [0.2, 0.25) is 0 Å². The van der Waals surface area contributed by atoms with Gasteiger partial charge in [0, 0.05) is 93.0 Å². The van der Waals surface area contributed by atoms with E-state index in [0.29, 0.717) is 0 Å². The second kappa shape index (κ2) is 22.5. The normalized spacial score (nSPS) is 21.7. The second-order valence-corrected chi connectivity index (χ2v) is 24.9. The molecule has 16 heteroatoms. The predicted octanol–water partition coefficient (Wildman–Crippen LogP) is 13.2. The van der Waals surface area contributed by atoms with Gasteiger partial charge in [-0.15, -0.1) is 0 Å². The number of aromatic nitrogens is 12. The van der Waals surface area contributed by atoms with Crippen molar-refractivity contribution in [2.45, 2.75) is 75.5 Å². The zero-order chi connectivity index (χ0) is 61.6. The van der Waals surface area contributed by atoms with Crippen molar-refractivity contribution in [2.24, 2.45) is 23.7 Å². The Morgan fingerprint density at radius 1 is 0.272 bits per heavy atom. The summed E-state index contributed by atoms with van der Waals surface area (Å²) in [5.41, 5.74) is 21.0. The summed E-state index contributed by atoms with van der Waals surface area (Å²) in [7, 11) is 0. The van der Waals surface area contributed by atoms with Crippen LogP contribution in [0.15, 0.2) is 220 Å². The van der Waals surface area contributed by atoms with Crippen LogP contribution in [-0.4, -0.2) is 81.3 Å². The number of rotatable bonds is 4. The lowest BCUT2D eigenvalue weighted by Crippen LogP contribution is -2.30. The summed E-state index contributed by atoms with van der Waals surface area (Å²) in [4.78, 5) is 86.9. The number of carbonyl (C=O) groups is 4. The predicted molar refractivity (Wildman–Crippen MR) is 345 cm³/mol. The Kier molecular flexibility index (Phi) is 13.5. The van der Waals surface area contributed by atoms with Crippen molar-refractivity contribution in [3.63, 3.8) is 0 Å².